The van der Waals surface area contributed by atoms with Gasteiger partial charge in [-0.3, -0.25) is 0 Å². The molecule has 0 spiro atoms. The number of hydrogen-bond acceptors (Lipinski definition) is 6. The molecule has 21 heavy (non-hydrogen) atoms. The van der Waals surface area contributed by atoms with E-state index in [9.17, 15) is 13.2 Å². The number of aryl methyl sites for hydroxylation is 2. The number of rotatable bonds is 4. The highest BCUT2D eigenvalue weighted by Crippen LogP contribution is 2.27. The molecule has 1 unspecified atom stereocenters. The van der Waals surface area contributed by atoms with Crippen LogP contribution >= 0.6 is 0 Å². The average molecular weight is 316 g/mol. The van der Waals surface area contributed by atoms with Crippen molar-refractivity contribution in [3.63, 3.8) is 0 Å². The van der Waals surface area contributed by atoms with Crippen LogP contribution < -0.4 is 10.0 Å². The lowest BCUT2D eigenvalue weighted by Gasteiger charge is -2.23. The van der Waals surface area contributed by atoms with Crippen LogP contribution in [0.15, 0.2) is 9.31 Å². The first-order valence-electron chi connectivity index (χ1n) is 6.78. The van der Waals surface area contributed by atoms with Crippen molar-refractivity contribution in [2.24, 2.45) is 0 Å². The van der Waals surface area contributed by atoms with E-state index in [2.05, 4.69) is 14.8 Å². The van der Waals surface area contributed by atoms with Gasteiger partial charge >= 0.3 is 5.97 Å². The summed E-state index contributed by atoms with van der Waals surface area (Å²) in [5.41, 5.74) is -0.0359. The van der Waals surface area contributed by atoms with Gasteiger partial charge in [-0.25, -0.2) is 17.9 Å². The molecule has 2 rings (SSSR count). The van der Waals surface area contributed by atoms with E-state index >= 15 is 0 Å². The molecule has 118 valence electrons. The second-order valence-electron chi connectivity index (χ2n) is 5.07. The SMILES string of the molecule is COC(=O)c1c(C)oc(C)c1S(=O)(=O)NC1CCCNC1. The van der Waals surface area contributed by atoms with E-state index in [0.717, 1.165) is 19.4 Å². The van der Waals surface area contributed by atoms with E-state index in [0.29, 0.717) is 6.54 Å². The zero-order valence-corrected chi connectivity index (χ0v) is 13.2. The summed E-state index contributed by atoms with van der Waals surface area (Å²) in [5.74, 6) is -0.294. The van der Waals surface area contributed by atoms with Crippen molar-refractivity contribution in [1.29, 1.82) is 0 Å². The van der Waals surface area contributed by atoms with Gasteiger partial charge in [-0.15, -0.1) is 0 Å². The fraction of sp³-hybridized carbons (Fsp3) is 0.615. The van der Waals surface area contributed by atoms with Gasteiger partial charge in [-0.2, -0.15) is 0 Å². The van der Waals surface area contributed by atoms with Crippen molar-refractivity contribution in [3.05, 3.63) is 17.1 Å². The van der Waals surface area contributed by atoms with E-state index in [1.165, 1.54) is 14.0 Å². The van der Waals surface area contributed by atoms with Crippen LogP contribution in [-0.2, 0) is 14.8 Å². The minimum absolute atomic E-state index is 0.0359. The zero-order valence-electron chi connectivity index (χ0n) is 12.4. The molecule has 1 aromatic heterocycles. The molecule has 0 radical (unpaired) electrons. The Morgan fingerprint density at radius 3 is 2.67 bits per heavy atom. The Balaban J connectivity index is 2.37. The zero-order chi connectivity index (χ0) is 15.6. The number of methoxy groups -OCH3 is 1. The van der Waals surface area contributed by atoms with Gasteiger partial charge < -0.3 is 14.5 Å². The Hall–Kier alpha value is -1.38. The molecule has 1 aliphatic rings. The molecule has 8 heteroatoms. The highest BCUT2D eigenvalue weighted by atomic mass is 32.2. The Kier molecular flexibility index (Phi) is 4.70. The van der Waals surface area contributed by atoms with Crippen LogP contribution in [0, 0.1) is 13.8 Å². The van der Waals surface area contributed by atoms with Gasteiger partial charge in [-0.05, 0) is 33.2 Å². The third kappa shape index (κ3) is 3.28. The fourth-order valence-corrected chi connectivity index (χ4v) is 4.23. The van der Waals surface area contributed by atoms with Gasteiger partial charge in [0.1, 0.15) is 22.0 Å². The Labute approximate surface area is 124 Å². The predicted molar refractivity (Wildman–Crippen MR) is 75.7 cm³/mol. The van der Waals surface area contributed by atoms with Gasteiger partial charge in [-0.1, -0.05) is 0 Å². The summed E-state index contributed by atoms with van der Waals surface area (Å²) in [4.78, 5) is 11.7. The molecular weight excluding hydrogens is 296 g/mol. The van der Waals surface area contributed by atoms with Crippen LogP contribution in [0.5, 0.6) is 0 Å². The van der Waals surface area contributed by atoms with Crippen molar-refractivity contribution in [3.8, 4) is 0 Å². The standard InChI is InChI=1S/C13H20N2O5S/c1-8-11(13(16)19-3)12(9(2)20-8)21(17,18)15-10-5-4-6-14-7-10/h10,14-15H,4-7H2,1-3H3. The highest BCUT2D eigenvalue weighted by molar-refractivity contribution is 7.89. The first-order chi connectivity index (χ1) is 9.86. The Morgan fingerprint density at radius 1 is 1.38 bits per heavy atom. The third-order valence-corrected chi connectivity index (χ3v) is 5.15. The van der Waals surface area contributed by atoms with E-state index < -0.39 is 16.0 Å². The third-order valence-electron chi connectivity index (χ3n) is 3.48. The van der Waals surface area contributed by atoms with Crippen molar-refractivity contribution in [2.45, 2.75) is 37.6 Å². The van der Waals surface area contributed by atoms with Gasteiger partial charge in [0.2, 0.25) is 10.0 Å². The van der Waals surface area contributed by atoms with Crippen LogP contribution in [0.3, 0.4) is 0 Å². The molecule has 0 aromatic carbocycles. The minimum atomic E-state index is -3.84. The summed E-state index contributed by atoms with van der Waals surface area (Å²) >= 11 is 0. The summed E-state index contributed by atoms with van der Waals surface area (Å²) in [7, 11) is -2.63. The number of sulfonamides is 1. The maximum absolute atomic E-state index is 12.6. The van der Waals surface area contributed by atoms with E-state index in [-0.39, 0.29) is 28.0 Å². The maximum Gasteiger partial charge on any atom is 0.342 e. The van der Waals surface area contributed by atoms with Crippen LogP contribution in [0.2, 0.25) is 0 Å². The summed E-state index contributed by atoms with van der Waals surface area (Å²) < 4.78 is 37.7. The predicted octanol–water partition coefficient (Wildman–Crippen LogP) is 0.713. The number of carbonyl (C=O) groups excluding carboxylic acids is 1. The number of furan rings is 1. The molecule has 1 atom stereocenters. The van der Waals surface area contributed by atoms with Crippen molar-refractivity contribution in [2.75, 3.05) is 20.2 Å². The number of ether oxygens (including phenoxy) is 1. The normalized spacial score (nSPS) is 19.5. The monoisotopic (exact) mass is 316 g/mol. The number of piperidine rings is 1. The lowest BCUT2D eigenvalue weighted by atomic mass is 10.1. The average Bonchev–Trinajstić information content (AvgIpc) is 2.74. The Bertz CT molecular complexity index is 629. The number of carbonyl (C=O) groups is 1. The van der Waals surface area contributed by atoms with Crippen LogP contribution in [0.1, 0.15) is 34.7 Å². The fourth-order valence-electron chi connectivity index (χ4n) is 2.56. The van der Waals surface area contributed by atoms with Gasteiger partial charge in [0.25, 0.3) is 0 Å². The van der Waals surface area contributed by atoms with Crippen molar-refractivity contribution < 1.29 is 22.4 Å². The summed E-state index contributed by atoms with van der Waals surface area (Å²) in [5, 5.41) is 3.14. The maximum atomic E-state index is 12.6. The molecule has 7 nitrogen and oxygen atoms in total. The lowest BCUT2D eigenvalue weighted by molar-refractivity contribution is 0.0595. The molecule has 0 saturated carbocycles. The summed E-state index contributed by atoms with van der Waals surface area (Å²) in [6.07, 6.45) is 1.66. The van der Waals surface area contributed by atoms with Crippen LogP contribution in [-0.4, -0.2) is 40.6 Å². The van der Waals surface area contributed by atoms with Crippen LogP contribution in [0.4, 0.5) is 0 Å². The number of hydrogen-bond donors (Lipinski definition) is 2. The first kappa shape index (κ1) is 16.0. The molecule has 1 aliphatic heterocycles. The Morgan fingerprint density at radius 2 is 2.10 bits per heavy atom. The highest BCUT2D eigenvalue weighted by Gasteiger charge is 2.33. The van der Waals surface area contributed by atoms with Gasteiger partial charge in [0.15, 0.2) is 0 Å². The van der Waals surface area contributed by atoms with E-state index in [4.69, 9.17) is 4.42 Å². The smallest absolute Gasteiger partial charge is 0.342 e. The molecule has 1 aromatic rings. The summed E-state index contributed by atoms with van der Waals surface area (Å²) in [6, 6.07) is -0.191. The molecule has 1 fully saturated rings. The largest absolute Gasteiger partial charge is 0.465 e. The lowest BCUT2D eigenvalue weighted by Crippen LogP contribution is -2.45. The molecule has 0 amide bonds. The van der Waals surface area contributed by atoms with E-state index in [1.54, 1.807) is 6.92 Å². The second-order valence-corrected chi connectivity index (χ2v) is 6.73. The molecule has 2 heterocycles. The van der Waals surface area contributed by atoms with Crippen LogP contribution in [0.25, 0.3) is 0 Å². The molecular formula is C13H20N2O5S. The first-order valence-corrected chi connectivity index (χ1v) is 8.26. The van der Waals surface area contributed by atoms with Crippen molar-refractivity contribution in [1.82, 2.24) is 10.0 Å². The topological polar surface area (TPSA) is 97.6 Å². The molecule has 2 N–H and O–H groups in total. The number of nitrogens with one attached hydrogen (secondary N) is 2. The number of esters is 1. The van der Waals surface area contributed by atoms with Gasteiger partial charge in [0, 0.05) is 12.6 Å². The van der Waals surface area contributed by atoms with Gasteiger partial charge in [0.05, 0.1) is 7.11 Å². The van der Waals surface area contributed by atoms with E-state index in [1.807, 2.05) is 0 Å². The van der Waals surface area contributed by atoms with Crippen molar-refractivity contribution >= 4 is 16.0 Å². The summed E-state index contributed by atoms with van der Waals surface area (Å²) in [6.45, 7) is 4.52. The quantitative estimate of drug-likeness (QED) is 0.794. The molecule has 1 saturated heterocycles. The molecule has 0 aliphatic carbocycles. The second kappa shape index (κ2) is 6.17. The minimum Gasteiger partial charge on any atom is -0.465 e. The molecule has 0 bridgehead atoms.